The lowest BCUT2D eigenvalue weighted by Crippen LogP contribution is -1.83. The molecule has 15 heavy (non-hydrogen) atoms. The van der Waals surface area contributed by atoms with E-state index in [1.807, 2.05) is 30.3 Å². The van der Waals surface area contributed by atoms with Crippen LogP contribution in [-0.4, -0.2) is 0 Å². The second-order valence-electron chi connectivity index (χ2n) is 3.05. The van der Waals surface area contributed by atoms with E-state index in [1.165, 1.54) is 0 Å². The molecule has 2 rings (SSSR count). The van der Waals surface area contributed by atoms with Crippen molar-refractivity contribution < 1.29 is 4.74 Å². The summed E-state index contributed by atoms with van der Waals surface area (Å²) >= 11 is 0. The smallest absolute Gasteiger partial charge is 0.127 e. The van der Waals surface area contributed by atoms with Crippen molar-refractivity contribution in [3.05, 3.63) is 60.2 Å². The summed E-state index contributed by atoms with van der Waals surface area (Å²) in [5.74, 6) is 1.53. The van der Waals surface area contributed by atoms with Crippen molar-refractivity contribution in [3.63, 3.8) is 0 Å². The Hall–Kier alpha value is -2.27. The van der Waals surface area contributed by atoms with E-state index in [9.17, 15) is 0 Å². The van der Waals surface area contributed by atoms with E-state index in [4.69, 9.17) is 10.00 Å². The lowest BCUT2D eigenvalue weighted by Gasteiger charge is -2.04. The predicted molar refractivity (Wildman–Crippen MR) is 57.7 cm³/mol. The van der Waals surface area contributed by atoms with Crippen LogP contribution in [-0.2, 0) is 0 Å². The number of rotatable bonds is 2. The van der Waals surface area contributed by atoms with Gasteiger partial charge in [-0.1, -0.05) is 18.2 Å². The first-order valence-electron chi connectivity index (χ1n) is 4.61. The van der Waals surface area contributed by atoms with Crippen LogP contribution in [0.1, 0.15) is 5.56 Å². The Kier molecular flexibility index (Phi) is 2.66. The quantitative estimate of drug-likeness (QED) is 0.736. The van der Waals surface area contributed by atoms with E-state index >= 15 is 0 Å². The van der Waals surface area contributed by atoms with Gasteiger partial charge in [-0.05, 0) is 36.4 Å². The van der Waals surface area contributed by atoms with Crippen LogP contribution in [0.5, 0.6) is 11.5 Å². The summed E-state index contributed by atoms with van der Waals surface area (Å²) in [6, 6.07) is 18.6. The van der Waals surface area contributed by atoms with Gasteiger partial charge in [0, 0.05) is 0 Å². The molecule has 2 aromatic rings. The first kappa shape index (κ1) is 9.29. The van der Waals surface area contributed by atoms with Gasteiger partial charge in [0.15, 0.2) is 0 Å². The second kappa shape index (κ2) is 4.30. The van der Waals surface area contributed by atoms with Gasteiger partial charge in [0.25, 0.3) is 0 Å². The molecule has 0 aliphatic heterocycles. The van der Waals surface area contributed by atoms with Crippen LogP contribution >= 0.6 is 0 Å². The van der Waals surface area contributed by atoms with Gasteiger partial charge in [-0.3, -0.25) is 0 Å². The van der Waals surface area contributed by atoms with E-state index in [0.717, 1.165) is 11.5 Å². The fraction of sp³-hybridized carbons (Fsp3) is 0. The zero-order valence-electron chi connectivity index (χ0n) is 8.05. The monoisotopic (exact) mass is 195 g/mol. The maximum atomic E-state index is 8.63. The van der Waals surface area contributed by atoms with Crippen LogP contribution in [0.2, 0.25) is 0 Å². The summed E-state index contributed by atoms with van der Waals surface area (Å²) in [5, 5.41) is 8.63. The fourth-order valence-corrected chi connectivity index (χ4v) is 1.22. The van der Waals surface area contributed by atoms with Gasteiger partial charge in [0.05, 0.1) is 11.6 Å². The molecule has 0 aliphatic rings. The second-order valence-corrected chi connectivity index (χ2v) is 3.05. The lowest BCUT2D eigenvalue weighted by atomic mass is 10.2. The maximum Gasteiger partial charge on any atom is 0.127 e. The zero-order chi connectivity index (χ0) is 10.5. The topological polar surface area (TPSA) is 33.0 Å². The molecular weight excluding hydrogens is 186 g/mol. The third kappa shape index (κ3) is 2.35. The molecule has 0 amide bonds. The molecule has 0 spiro atoms. The zero-order valence-corrected chi connectivity index (χ0v) is 8.05. The highest BCUT2D eigenvalue weighted by molar-refractivity contribution is 5.37. The Bertz CT molecular complexity index is 468. The van der Waals surface area contributed by atoms with Gasteiger partial charge < -0.3 is 4.74 Å². The standard InChI is InChI=1S/C13H9NO/c14-10-11-6-8-13(9-7-11)15-12-4-2-1-3-5-12/h1-9H. The molecule has 0 aliphatic carbocycles. The molecule has 2 aromatic carbocycles. The molecule has 72 valence electrons. The minimum Gasteiger partial charge on any atom is -0.457 e. The number of hydrogen-bond donors (Lipinski definition) is 0. The van der Waals surface area contributed by atoms with Crippen molar-refractivity contribution in [2.24, 2.45) is 0 Å². The highest BCUT2D eigenvalue weighted by Crippen LogP contribution is 2.20. The van der Waals surface area contributed by atoms with Crippen LogP contribution in [0.4, 0.5) is 0 Å². The summed E-state index contributed by atoms with van der Waals surface area (Å²) in [4.78, 5) is 0. The summed E-state index contributed by atoms with van der Waals surface area (Å²) in [6.07, 6.45) is 0. The van der Waals surface area contributed by atoms with Gasteiger partial charge in [-0.15, -0.1) is 0 Å². The third-order valence-corrected chi connectivity index (χ3v) is 1.96. The molecule has 0 N–H and O–H groups in total. The van der Waals surface area contributed by atoms with Gasteiger partial charge in [-0.2, -0.15) is 5.26 Å². The van der Waals surface area contributed by atoms with Crippen LogP contribution in [0.25, 0.3) is 0 Å². The molecule has 0 saturated heterocycles. The first-order chi connectivity index (χ1) is 7.38. The van der Waals surface area contributed by atoms with Crippen LogP contribution < -0.4 is 4.74 Å². The Morgan fingerprint density at radius 3 is 2.00 bits per heavy atom. The first-order valence-corrected chi connectivity index (χ1v) is 4.61. The molecule has 0 bridgehead atoms. The summed E-state index contributed by atoms with van der Waals surface area (Å²) in [7, 11) is 0. The normalized spacial score (nSPS) is 9.27. The highest BCUT2D eigenvalue weighted by Gasteiger charge is 1.95. The van der Waals surface area contributed by atoms with Crippen LogP contribution in [0.3, 0.4) is 0 Å². The summed E-state index contributed by atoms with van der Waals surface area (Å²) < 4.78 is 5.57. The van der Waals surface area contributed by atoms with Crippen molar-refractivity contribution in [3.8, 4) is 17.6 Å². The Labute approximate surface area is 88.4 Å². The number of nitrogens with zero attached hydrogens (tertiary/aromatic N) is 1. The number of ether oxygens (including phenoxy) is 1. The minimum absolute atomic E-state index is 0.635. The Balaban J connectivity index is 2.16. The molecular formula is C13H9NO. The largest absolute Gasteiger partial charge is 0.457 e. The molecule has 0 atom stereocenters. The van der Waals surface area contributed by atoms with Crippen LogP contribution in [0, 0.1) is 11.3 Å². The molecule has 2 nitrogen and oxygen atoms in total. The van der Waals surface area contributed by atoms with E-state index < -0.39 is 0 Å². The molecule has 0 fully saturated rings. The van der Waals surface area contributed by atoms with Crippen LogP contribution in [0.15, 0.2) is 54.6 Å². The molecule has 0 saturated carbocycles. The highest BCUT2D eigenvalue weighted by atomic mass is 16.5. The van der Waals surface area contributed by atoms with Gasteiger partial charge in [0.2, 0.25) is 0 Å². The number of hydrogen-bond acceptors (Lipinski definition) is 2. The average molecular weight is 195 g/mol. The predicted octanol–water partition coefficient (Wildman–Crippen LogP) is 3.35. The van der Waals surface area contributed by atoms with E-state index in [2.05, 4.69) is 6.07 Å². The van der Waals surface area contributed by atoms with E-state index in [0.29, 0.717) is 5.56 Å². The van der Waals surface area contributed by atoms with Crippen molar-refractivity contribution >= 4 is 0 Å². The molecule has 0 radical (unpaired) electrons. The SMILES string of the molecule is N#Cc1ccc(Oc2ccccc2)cc1. The maximum absolute atomic E-state index is 8.63. The number of nitriles is 1. The fourth-order valence-electron chi connectivity index (χ4n) is 1.22. The summed E-state index contributed by atoms with van der Waals surface area (Å²) in [5.41, 5.74) is 0.635. The summed E-state index contributed by atoms with van der Waals surface area (Å²) in [6.45, 7) is 0. The molecule has 0 unspecified atom stereocenters. The van der Waals surface area contributed by atoms with Crippen molar-refractivity contribution in [2.75, 3.05) is 0 Å². The van der Waals surface area contributed by atoms with Crippen molar-refractivity contribution in [2.45, 2.75) is 0 Å². The molecule has 0 aromatic heterocycles. The van der Waals surface area contributed by atoms with Crippen molar-refractivity contribution in [1.29, 1.82) is 5.26 Å². The van der Waals surface area contributed by atoms with Gasteiger partial charge in [0.1, 0.15) is 11.5 Å². The van der Waals surface area contributed by atoms with Gasteiger partial charge in [-0.25, -0.2) is 0 Å². The van der Waals surface area contributed by atoms with Gasteiger partial charge >= 0.3 is 0 Å². The molecule has 2 heteroatoms. The van der Waals surface area contributed by atoms with E-state index in [-0.39, 0.29) is 0 Å². The third-order valence-electron chi connectivity index (χ3n) is 1.96. The minimum atomic E-state index is 0.635. The number of para-hydroxylation sites is 1. The lowest BCUT2D eigenvalue weighted by molar-refractivity contribution is 0.482. The van der Waals surface area contributed by atoms with E-state index in [1.54, 1.807) is 24.3 Å². The molecule has 0 heterocycles. The Morgan fingerprint density at radius 2 is 1.40 bits per heavy atom. The van der Waals surface area contributed by atoms with Crippen molar-refractivity contribution in [1.82, 2.24) is 0 Å². The Morgan fingerprint density at radius 1 is 0.800 bits per heavy atom. The number of benzene rings is 2. The average Bonchev–Trinajstić information content (AvgIpc) is 2.31.